The molecular formula is C12H11BrN2O4. The molecule has 6 nitrogen and oxygen atoms in total. The van der Waals surface area contributed by atoms with E-state index in [0.29, 0.717) is 26.9 Å². The van der Waals surface area contributed by atoms with Gasteiger partial charge >= 0.3 is 11.9 Å². The first-order valence-electron chi connectivity index (χ1n) is 5.39. The number of ether oxygens (including phenoxy) is 2. The number of fused-ring (bicyclic) bond motifs is 1. The number of aromatic nitrogens is 2. The number of pyridine rings is 1. The second-order valence-electron chi connectivity index (χ2n) is 3.75. The number of carbonyl (C=O) groups is 2. The SMILES string of the molecule is COC(=O)Cc1[nH]c2nc(Br)ccc2c1C(=O)OC. The number of aromatic amines is 1. The molecule has 2 aromatic heterocycles. The summed E-state index contributed by atoms with van der Waals surface area (Å²) in [5.41, 5.74) is 1.25. The van der Waals surface area contributed by atoms with Gasteiger partial charge in [-0.2, -0.15) is 0 Å². The molecule has 2 heterocycles. The Bertz CT molecular complexity index is 650. The van der Waals surface area contributed by atoms with Crippen LogP contribution in [0.25, 0.3) is 11.0 Å². The lowest BCUT2D eigenvalue weighted by atomic mass is 10.1. The number of carbonyl (C=O) groups excluding carboxylic acids is 2. The van der Waals surface area contributed by atoms with Crippen molar-refractivity contribution >= 4 is 38.9 Å². The maximum atomic E-state index is 11.8. The Hall–Kier alpha value is -1.89. The summed E-state index contributed by atoms with van der Waals surface area (Å²) >= 11 is 3.25. The number of rotatable bonds is 3. The topological polar surface area (TPSA) is 81.3 Å². The van der Waals surface area contributed by atoms with E-state index in [2.05, 4.69) is 30.6 Å². The zero-order valence-electron chi connectivity index (χ0n) is 10.3. The van der Waals surface area contributed by atoms with E-state index in [-0.39, 0.29) is 6.42 Å². The Morgan fingerprint density at radius 3 is 2.68 bits per heavy atom. The lowest BCUT2D eigenvalue weighted by Gasteiger charge is -2.01. The van der Waals surface area contributed by atoms with Crippen molar-refractivity contribution in [3.8, 4) is 0 Å². The van der Waals surface area contributed by atoms with Crippen molar-refractivity contribution < 1.29 is 19.1 Å². The largest absolute Gasteiger partial charge is 0.469 e. The molecule has 2 aromatic rings. The van der Waals surface area contributed by atoms with Crippen LogP contribution in [0.1, 0.15) is 16.1 Å². The monoisotopic (exact) mass is 326 g/mol. The van der Waals surface area contributed by atoms with Gasteiger partial charge in [0.05, 0.1) is 26.2 Å². The summed E-state index contributed by atoms with van der Waals surface area (Å²) in [6, 6.07) is 3.44. The van der Waals surface area contributed by atoms with Crippen LogP contribution in [0.3, 0.4) is 0 Å². The molecule has 0 aromatic carbocycles. The number of nitrogens with one attached hydrogen (secondary N) is 1. The second kappa shape index (κ2) is 5.40. The maximum Gasteiger partial charge on any atom is 0.340 e. The fourth-order valence-electron chi connectivity index (χ4n) is 1.78. The van der Waals surface area contributed by atoms with Crippen molar-refractivity contribution in [2.24, 2.45) is 0 Å². The summed E-state index contributed by atoms with van der Waals surface area (Å²) < 4.78 is 9.97. The van der Waals surface area contributed by atoms with Crippen LogP contribution in [-0.4, -0.2) is 36.1 Å². The lowest BCUT2D eigenvalue weighted by Crippen LogP contribution is -2.10. The first-order valence-corrected chi connectivity index (χ1v) is 6.18. The zero-order valence-corrected chi connectivity index (χ0v) is 11.9. The van der Waals surface area contributed by atoms with E-state index >= 15 is 0 Å². The molecule has 0 saturated carbocycles. The van der Waals surface area contributed by atoms with Gasteiger partial charge in [-0.3, -0.25) is 4.79 Å². The number of hydrogen-bond acceptors (Lipinski definition) is 5. The van der Waals surface area contributed by atoms with Gasteiger partial charge in [-0.1, -0.05) is 0 Å². The van der Waals surface area contributed by atoms with E-state index in [1.165, 1.54) is 14.2 Å². The number of esters is 2. The van der Waals surface area contributed by atoms with Gasteiger partial charge in [0, 0.05) is 11.1 Å². The fraction of sp³-hybridized carbons (Fsp3) is 0.250. The summed E-state index contributed by atoms with van der Waals surface area (Å²) in [7, 11) is 2.58. The Morgan fingerprint density at radius 1 is 1.32 bits per heavy atom. The highest BCUT2D eigenvalue weighted by atomic mass is 79.9. The van der Waals surface area contributed by atoms with E-state index in [4.69, 9.17) is 4.74 Å². The highest BCUT2D eigenvalue weighted by Crippen LogP contribution is 2.24. The van der Waals surface area contributed by atoms with Gasteiger partial charge < -0.3 is 14.5 Å². The van der Waals surface area contributed by atoms with Crippen LogP contribution in [-0.2, 0) is 20.7 Å². The second-order valence-corrected chi connectivity index (χ2v) is 4.57. The van der Waals surface area contributed by atoms with E-state index in [0.717, 1.165) is 0 Å². The fourth-order valence-corrected chi connectivity index (χ4v) is 2.09. The van der Waals surface area contributed by atoms with Crippen molar-refractivity contribution in [3.63, 3.8) is 0 Å². The zero-order chi connectivity index (χ0) is 14.0. The smallest absolute Gasteiger partial charge is 0.340 e. The molecule has 1 N–H and O–H groups in total. The summed E-state index contributed by atoms with van der Waals surface area (Å²) in [6.45, 7) is 0. The van der Waals surface area contributed by atoms with Crippen molar-refractivity contribution in [1.82, 2.24) is 9.97 Å². The van der Waals surface area contributed by atoms with Crippen molar-refractivity contribution in [1.29, 1.82) is 0 Å². The number of halogens is 1. The molecule has 0 atom stereocenters. The minimum absolute atomic E-state index is 0.0467. The lowest BCUT2D eigenvalue weighted by molar-refractivity contribution is -0.139. The molecule has 100 valence electrons. The van der Waals surface area contributed by atoms with Crippen LogP contribution in [0.2, 0.25) is 0 Å². The summed E-state index contributed by atoms with van der Waals surface area (Å²) in [4.78, 5) is 30.3. The highest BCUT2D eigenvalue weighted by molar-refractivity contribution is 9.10. The van der Waals surface area contributed by atoms with Crippen LogP contribution >= 0.6 is 15.9 Å². The Labute approximate surface area is 117 Å². The third-order valence-electron chi connectivity index (χ3n) is 2.64. The predicted octanol–water partition coefficient (Wildman–Crippen LogP) is 1.83. The molecule has 0 aliphatic carbocycles. The molecule has 2 rings (SSSR count). The summed E-state index contributed by atoms with van der Waals surface area (Å²) in [6.07, 6.45) is -0.0467. The Morgan fingerprint density at radius 2 is 2.05 bits per heavy atom. The first-order chi connectivity index (χ1) is 9.06. The van der Waals surface area contributed by atoms with E-state index in [9.17, 15) is 9.59 Å². The number of methoxy groups -OCH3 is 2. The molecule has 0 aliphatic heterocycles. The van der Waals surface area contributed by atoms with Crippen LogP contribution in [0.15, 0.2) is 16.7 Å². The van der Waals surface area contributed by atoms with Crippen LogP contribution in [0, 0.1) is 0 Å². The summed E-state index contributed by atoms with van der Waals surface area (Å²) in [5, 5.41) is 0.606. The molecule has 0 radical (unpaired) electrons. The normalized spacial score (nSPS) is 10.5. The van der Waals surface area contributed by atoms with E-state index in [1.54, 1.807) is 12.1 Å². The van der Waals surface area contributed by atoms with Gasteiger partial charge in [0.2, 0.25) is 0 Å². The third-order valence-corrected chi connectivity index (χ3v) is 3.08. The Balaban J connectivity index is 2.60. The van der Waals surface area contributed by atoms with Gasteiger partial charge in [-0.25, -0.2) is 9.78 Å². The molecule has 7 heteroatoms. The molecule has 0 saturated heterocycles. The molecule has 0 spiro atoms. The van der Waals surface area contributed by atoms with Crippen molar-refractivity contribution in [3.05, 3.63) is 28.0 Å². The van der Waals surface area contributed by atoms with Gasteiger partial charge in [0.15, 0.2) is 0 Å². The molecule has 0 bridgehead atoms. The molecule has 19 heavy (non-hydrogen) atoms. The third kappa shape index (κ3) is 2.60. The average molecular weight is 327 g/mol. The minimum atomic E-state index is -0.519. The highest BCUT2D eigenvalue weighted by Gasteiger charge is 2.21. The van der Waals surface area contributed by atoms with Crippen LogP contribution in [0.4, 0.5) is 0 Å². The molecule has 0 fully saturated rings. The van der Waals surface area contributed by atoms with Crippen molar-refractivity contribution in [2.45, 2.75) is 6.42 Å². The minimum Gasteiger partial charge on any atom is -0.469 e. The molecular weight excluding hydrogens is 316 g/mol. The Kier molecular flexibility index (Phi) is 3.84. The van der Waals surface area contributed by atoms with Crippen molar-refractivity contribution in [2.75, 3.05) is 14.2 Å². The molecule has 0 amide bonds. The van der Waals surface area contributed by atoms with E-state index < -0.39 is 11.9 Å². The maximum absolute atomic E-state index is 11.8. The van der Waals surface area contributed by atoms with Gasteiger partial charge in [-0.05, 0) is 28.1 Å². The van der Waals surface area contributed by atoms with Gasteiger partial charge in [0.1, 0.15) is 10.3 Å². The summed E-state index contributed by atoms with van der Waals surface area (Å²) in [5.74, 6) is -0.968. The average Bonchev–Trinajstić information content (AvgIpc) is 2.74. The number of nitrogens with zero attached hydrogens (tertiary/aromatic N) is 1. The number of H-pyrrole nitrogens is 1. The number of hydrogen-bond donors (Lipinski definition) is 1. The molecule has 0 aliphatic rings. The molecule has 0 unspecified atom stereocenters. The first kappa shape index (κ1) is 13.5. The van der Waals surface area contributed by atoms with Gasteiger partial charge in [-0.15, -0.1) is 0 Å². The van der Waals surface area contributed by atoms with Gasteiger partial charge in [0.25, 0.3) is 0 Å². The van der Waals surface area contributed by atoms with Crippen LogP contribution < -0.4 is 0 Å². The van der Waals surface area contributed by atoms with Crippen LogP contribution in [0.5, 0.6) is 0 Å². The van der Waals surface area contributed by atoms with E-state index in [1.807, 2.05) is 0 Å². The predicted molar refractivity (Wildman–Crippen MR) is 70.9 cm³/mol. The quantitative estimate of drug-likeness (QED) is 0.687. The standard InChI is InChI=1S/C12H11BrN2O4/c1-18-9(16)5-7-10(12(17)19-2)6-3-4-8(13)15-11(6)14-7/h3-4H,5H2,1-2H3,(H,14,15).